The molecule has 398 valence electrons. The minimum Gasteiger partial charge on any atom is -0.481 e. The largest absolute Gasteiger partial charge is 0.481 e. The number of carbonyl (C=O) groups is 2. The monoisotopic (exact) mass is 1080 g/mol. The Labute approximate surface area is 465 Å². The van der Waals surface area contributed by atoms with Crippen LogP contribution in [-0.4, -0.2) is 62.0 Å². The normalized spacial score (nSPS) is 16.9. The number of aliphatic carboxylic acids is 2. The molecule has 0 saturated heterocycles. The summed E-state index contributed by atoms with van der Waals surface area (Å²) in [4.78, 5) is 58.1. The minimum absolute atomic E-state index is 0. The van der Waals surface area contributed by atoms with Gasteiger partial charge < -0.3 is 30.1 Å². The van der Waals surface area contributed by atoms with Crippen molar-refractivity contribution in [2.75, 3.05) is 0 Å². The van der Waals surface area contributed by atoms with Gasteiger partial charge in [-0.2, -0.15) is 0 Å². The van der Waals surface area contributed by atoms with Crippen LogP contribution in [0, 0.1) is 41.5 Å². The molecule has 6 aromatic rings. The van der Waals surface area contributed by atoms with Gasteiger partial charge in [-0.05, 0) is 209 Å². The van der Waals surface area contributed by atoms with E-state index in [2.05, 4.69) is 165 Å². The summed E-state index contributed by atoms with van der Waals surface area (Å²) < 4.78 is 0. The predicted octanol–water partition coefficient (Wildman–Crippen LogP) is 15.4. The van der Waals surface area contributed by atoms with E-state index in [9.17, 15) is 19.8 Å². The summed E-state index contributed by atoms with van der Waals surface area (Å²) in [6, 6.07) is 13.2. The maximum atomic E-state index is 11.5. The standard InChI is InChI=1S/2C32H38N4O2.Zn/c2*1-8-21-18(5)27-15-30-22(9-2)17(4)26(34-30)14-28-19(6)23(10-11-31(37)38)32(36-28)20(7)25-12-16(3)24(33-25)13-29(21)35-27;/h2*12-15,19,23,34-35H,8-11H2,1-7H3,(H,37,38);. The number of aromatic amines is 4. The fraction of sp³-hybridized carbons (Fsp3) is 0.406. The molecule has 16 bridgehead atoms. The second kappa shape index (κ2) is 22.7. The van der Waals surface area contributed by atoms with Gasteiger partial charge in [0.25, 0.3) is 0 Å². The van der Waals surface area contributed by atoms with Crippen LogP contribution in [-0.2, 0) is 54.8 Å². The Morgan fingerprint density at radius 2 is 0.740 bits per heavy atom. The molecule has 6 aromatic heterocycles. The molecule has 0 spiro atoms. The smallest absolute Gasteiger partial charge is 0.303 e. The first-order chi connectivity index (χ1) is 36.2. The first kappa shape index (κ1) is 56.5. The van der Waals surface area contributed by atoms with Crippen LogP contribution < -0.4 is 0 Å². The molecule has 4 aliphatic rings. The third-order valence-corrected chi connectivity index (χ3v) is 17.2. The Morgan fingerprint density at radius 1 is 0.442 bits per heavy atom. The fourth-order valence-electron chi connectivity index (χ4n) is 12.4. The van der Waals surface area contributed by atoms with E-state index in [-0.39, 0.29) is 56.0 Å². The van der Waals surface area contributed by atoms with Crippen LogP contribution in [0.5, 0.6) is 0 Å². The van der Waals surface area contributed by atoms with Crippen LogP contribution in [0.4, 0.5) is 0 Å². The van der Waals surface area contributed by atoms with E-state index in [1.54, 1.807) is 0 Å². The maximum Gasteiger partial charge on any atom is 0.303 e. The van der Waals surface area contributed by atoms with Crippen LogP contribution in [0.3, 0.4) is 0 Å². The van der Waals surface area contributed by atoms with Gasteiger partial charge in [0.1, 0.15) is 0 Å². The van der Waals surface area contributed by atoms with E-state index in [0.29, 0.717) is 12.8 Å². The van der Waals surface area contributed by atoms with Crippen LogP contribution in [0.25, 0.3) is 67.4 Å². The zero-order chi connectivity index (χ0) is 54.6. The topological polar surface area (TPSA) is 189 Å². The van der Waals surface area contributed by atoms with E-state index >= 15 is 0 Å². The SMILES string of the molecule is CCc1c(C)c2cc3[nH]c(cc4nc(c(C)c5nc(cc1[nH]2)C(C)=C5)C(CCC(=O)O)C4C)c(C)c3CC.CCc1c(C)c2cc3[nH]c(cc4nc(c(C)c5nc(cc1[nH]2)C(C)=C5)C(CCC(=O)O)C4C)c(C)c3CC.[Zn]. The van der Waals surface area contributed by atoms with Crippen molar-refractivity contribution < 1.29 is 39.3 Å². The van der Waals surface area contributed by atoms with Gasteiger partial charge in [-0.3, -0.25) is 19.6 Å². The molecule has 10 heterocycles. The fourth-order valence-corrected chi connectivity index (χ4v) is 12.4. The molecule has 6 N–H and O–H groups in total. The van der Waals surface area contributed by atoms with Gasteiger partial charge in [0.2, 0.25) is 0 Å². The van der Waals surface area contributed by atoms with Crippen molar-refractivity contribution in [1.29, 1.82) is 0 Å². The molecule has 0 aromatic carbocycles. The van der Waals surface area contributed by atoms with Crippen molar-refractivity contribution in [2.24, 2.45) is 0 Å². The number of aromatic nitrogens is 8. The molecule has 4 aliphatic heterocycles. The summed E-state index contributed by atoms with van der Waals surface area (Å²) in [7, 11) is 0. The summed E-state index contributed by atoms with van der Waals surface area (Å²) in [6.45, 7) is 30.2. The van der Waals surface area contributed by atoms with E-state index in [4.69, 9.17) is 19.9 Å². The van der Waals surface area contributed by atoms with Gasteiger partial charge in [-0.1, -0.05) is 41.5 Å². The van der Waals surface area contributed by atoms with E-state index in [1.807, 2.05) is 0 Å². The van der Waals surface area contributed by atoms with Crippen molar-refractivity contribution in [1.82, 2.24) is 39.9 Å². The molecule has 0 fully saturated rings. The van der Waals surface area contributed by atoms with Crippen molar-refractivity contribution in [3.63, 3.8) is 0 Å². The first-order valence-corrected chi connectivity index (χ1v) is 27.5. The number of hydrogen-bond acceptors (Lipinski definition) is 6. The zero-order valence-electron chi connectivity index (χ0n) is 47.8. The molecule has 12 nitrogen and oxygen atoms in total. The molecule has 77 heavy (non-hydrogen) atoms. The number of allylic oxidation sites excluding steroid dienone is 2. The Morgan fingerprint density at radius 3 is 1.04 bits per heavy atom. The van der Waals surface area contributed by atoms with Gasteiger partial charge in [0.05, 0.1) is 22.8 Å². The number of nitrogens with zero attached hydrogens (tertiary/aromatic N) is 4. The number of hydrogen-bond donors (Lipinski definition) is 6. The molecular formula is C64H76N8O4Zn. The van der Waals surface area contributed by atoms with Crippen molar-refractivity contribution >= 4 is 79.4 Å². The van der Waals surface area contributed by atoms with E-state index < -0.39 is 11.9 Å². The summed E-state index contributed by atoms with van der Waals surface area (Å²) >= 11 is 0. The average molecular weight is 1090 g/mol. The summed E-state index contributed by atoms with van der Waals surface area (Å²) in [5.41, 5.74) is 30.9. The second-order valence-electron chi connectivity index (χ2n) is 21.7. The van der Waals surface area contributed by atoms with Crippen molar-refractivity contribution in [3.8, 4) is 0 Å². The number of H-pyrrole nitrogens is 4. The number of nitrogens with one attached hydrogen (secondary N) is 4. The number of aryl methyl sites for hydroxylation is 8. The summed E-state index contributed by atoms with van der Waals surface area (Å²) in [5, 5.41) is 18.9. The average Bonchev–Trinajstić information content (AvgIpc) is 4.27. The maximum absolute atomic E-state index is 11.5. The van der Waals surface area contributed by atoms with Gasteiger partial charge in [0.15, 0.2) is 0 Å². The van der Waals surface area contributed by atoms with Gasteiger partial charge in [0, 0.05) is 123 Å². The molecule has 13 heteroatoms. The zero-order valence-corrected chi connectivity index (χ0v) is 50.8. The van der Waals surface area contributed by atoms with Crippen LogP contribution in [0.2, 0.25) is 0 Å². The van der Waals surface area contributed by atoms with E-state index in [0.717, 1.165) is 138 Å². The molecule has 4 unspecified atom stereocenters. The molecule has 0 amide bonds. The minimum atomic E-state index is -0.774. The molecule has 0 aliphatic carbocycles. The van der Waals surface area contributed by atoms with Gasteiger partial charge in [-0.25, -0.2) is 9.97 Å². The van der Waals surface area contributed by atoms with Gasteiger partial charge >= 0.3 is 11.9 Å². The van der Waals surface area contributed by atoms with Crippen molar-refractivity contribution in [2.45, 2.75) is 172 Å². The summed E-state index contributed by atoms with van der Waals surface area (Å²) in [5.74, 6) is -1.27. The van der Waals surface area contributed by atoms with Crippen LogP contribution >= 0.6 is 0 Å². The molecule has 0 saturated carbocycles. The number of carboxylic acid groups (broad SMARTS) is 2. The third kappa shape index (κ3) is 10.7. The quantitative estimate of drug-likeness (QED) is 0.0731. The van der Waals surface area contributed by atoms with E-state index in [1.165, 1.54) is 44.5 Å². The number of rotatable bonds is 10. The number of fused-ring (bicyclic) bond motifs is 16. The first-order valence-electron chi connectivity index (χ1n) is 27.5. The molecule has 10 rings (SSSR count). The third-order valence-electron chi connectivity index (χ3n) is 17.2. The Balaban J connectivity index is 0.000000201. The molecular weight excluding hydrogens is 1010 g/mol. The molecule has 0 radical (unpaired) electrons. The number of carboxylic acids is 2. The Kier molecular flexibility index (Phi) is 16.7. The van der Waals surface area contributed by atoms with Crippen LogP contribution in [0.15, 0.2) is 36.4 Å². The summed E-state index contributed by atoms with van der Waals surface area (Å²) in [6.07, 6.45) is 9.32. The Hall–Kier alpha value is -6.72. The second-order valence-corrected chi connectivity index (χ2v) is 21.7. The molecule has 4 atom stereocenters. The van der Waals surface area contributed by atoms with Gasteiger partial charge in [-0.15, -0.1) is 0 Å². The predicted molar refractivity (Wildman–Crippen MR) is 311 cm³/mol. The Bertz CT molecular complexity index is 3530. The van der Waals surface area contributed by atoms with Crippen LogP contribution in [0.1, 0.15) is 206 Å². The van der Waals surface area contributed by atoms with Crippen molar-refractivity contribution in [3.05, 3.63) is 138 Å².